The molecule has 1 aromatic carbocycles. The number of hydrogen-bond acceptors (Lipinski definition) is 6. The largest absolute Gasteiger partial charge is 0.497 e. The van der Waals surface area contributed by atoms with Crippen LogP contribution < -0.4 is 10.1 Å². The van der Waals surface area contributed by atoms with Crippen LogP contribution in [0.2, 0.25) is 0 Å². The molecule has 3 N–H and O–H groups in total. The Balaban J connectivity index is 1.37. The van der Waals surface area contributed by atoms with Crippen molar-refractivity contribution in [2.45, 2.75) is 27.2 Å². The van der Waals surface area contributed by atoms with E-state index >= 15 is 0 Å². The van der Waals surface area contributed by atoms with Crippen LogP contribution in [0.3, 0.4) is 0 Å². The molecule has 0 aliphatic heterocycles. The summed E-state index contributed by atoms with van der Waals surface area (Å²) in [5.41, 5.74) is 6.37. The van der Waals surface area contributed by atoms with Crippen molar-refractivity contribution in [1.29, 1.82) is 0 Å². The summed E-state index contributed by atoms with van der Waals surface area (Å²) in [5, 5.41) is 12.3. The van der Waals surface area contributed by atoms with E-state index < -0.39 is 5.82 Å². The Morgan fingerprint density at radius 3 is 2.56 bits per heavy atom. The van der Waals surface area contributed by atoms with Crippen LogP contribution in [0.1, 0.15) is 27.2 Å². The SMILES string of the molecule is COc1cc(F)cc(-c2cncc3[nH]c(-c4n[nH]c5cnc(-c6cncc(NC(=O)CC(C)(C)C)c6)cc45)cc23)c1. The molecule has 0 aliphatic carbocycles. The smallest absolute Gasteiger partial charge is 0.224 e. The van der Waals surface area contributed by atoms with Crippen LogP contribution in [0.15, 0.2) is 67.4 Å². The molecule has 9 nitrogen and oxygen atoms in total. The number of aromatic amines is 2. The molecule has 206 valence electrons. The number of aromatic nitrogens is 6. The molecule has 0 saturated carbocycles. The molecule has 1 amide bonds. The van der Waals surface area contributed by atoms with Gasteiger partial charge in [-0.15, -0.1) is 0 Å². The molecule has 41 heavy (non-hydrogen) atoms. The molecule has 10 heteroatoms. The summed E-state index contributed by atoms with van der Waals surface area (Å²) in [6.07, 6.45) is 8.89. The molecule has 0 atom stereocenters. The molecule has 0 saturated heterocycles. The fraction of sp³-hybridized carbons (Fsp3) is 0.194. The van der Waals surface area contributed by atoms with Crippen molar-refractivity contribution >= 4 is 33.4 Å². The standard InChI is InChI=1S/C31H28FN7O2/c1-31(2,3)11-29(40)36-20-6-18(12-33-13-20)25-10-23-28(16-35-25)38-39-30(23)26-9-22-24(14-34-15-27(22)37-26)17-5-19(32)8-21(7-17)41-4/h5-10,12-16,37H,11H2,1-4H3,(H,36,40)(H,38,39). The van der Waals surface area contributed by atoms with Crippen LogP contribution in [0.25, 0.3) is 55.6 Å². The zero-order valence-corrected chi connectivity index (χ0v) is 23.0. The first-order valence-electron chi connectivity index (χ1n) is 13.1. The Kier molecular flexibility index (Phi) is 6.45. The number of nitrogens with one attached hydrogen (secondary N) is 3. The quantitative estimate of drug-likeness (QED) is 0.211. The first-order valence-corrected chi connectivity index (χ1v) is 13.1. The van der Waals surface area contributed by atoms with E-state index in [9.17, 15) is 9.18 Å². The third kappa shape index (κ3) is 5.36. The van der Waals surface area contributed by atoms with Crippen LogP contribution in [0.5, 0.6) is 5.75 Å². The number of halogens is 1. The lowest BCUT2D eigenvalue weighted by molar-refractivity contribution is -0.117. The van der Waals surface area contributed by atoms with Gasteiger partial charge in [-0.2, -0.15) is 5.10 Å². The van der Waals surface area contributed by atoms with E-state index in [1.54, 1.807) is 37.1 Å². The van der Waals surface area contributed by atoms with Gasteiger partial charge in [-0.05, 0) is 41.3 Å². The predicted octanol–water partition coefficient (Wildman–Crippen LogP) is 6.75. The summed E-state index contributed by atoms with van der Waals surface area (Å²) in [6, 6.07) is 10.4. The van der Waals surface area contributed by atoms with Gasteiger partial charge in [-0.3, -0.25) is 24.8 Å². The number of rotatable bonds is 6. The highest BCUT2D eigenvalue weighted by molar-refractivity contribution is 6.01. The third-order valence-electron chi connectivity index (χ3n) is 6.67. The molecule has 0 aliphatic rings. The number of ether oxygens (including phenoxy) is 1. The number of carbonyl (C=O) groups is 1. The van der Waals surface area contributed by atoms with E-state index in [4.69, 9.17) is 4.74 Å². The zero-order valence-electron chi connectivity index (χ0n) is 23.0. The maximum Gasteiger partial charge on any atom is 0.224 e. The van der Waals surface area contributed by atoms with Crippen molar-refractivity contribution in [3.05, 3.63) is 73.2 Å². The number of nitrogens with zero attached hydrogens (tertiary/aromatic N) is 4. The van der Waals surface area contributed by atoms with E-state index in [-0.39, 0.29) is 11.3 Å². The first kappa shape index (κ1) is 26.1. The lowest BCUT2D eigenvalue weighted by Crippen LogP contribution is -2.19. The average Bonchev–Trinajstić information content (AvgIpc) is 3.55. The summed E-state index contributed by atoms with van der Waals surface area (Å²) in [7, 11) is 1.51. The second kappa shape index (κ2) is 10.1. The van der Waals surface area contributed by atoms with Gasteiger partial charge in [-0.1, -0.05) is 20.8 Å². The fourth-order valence-corrected chi connectivity index (χ4v) is 4.86. The Morgan fingerprint density at radius 2 is 1.76 bits per heavy atom. The topological polar surface area (TPSA) is 121 Å². The molecule has 0 unspecified atom stereocenters. The van der Waals surface area contributed by atoms with Gasteiger partial charge in [0.15, 0.2) is 0 Å². The number of amides is 1. The maximum atomic E-state index is 14.3. The highest BCUT2D eigenvalue weighted by Crippen LogP contribution is 2.35. The summed E-state index contributed by atoms with van der Waals surface area (Å²) < 4.78 is 19.5. The summed E-state index contributed by atoms with van der Waals surface area (Å²) in [4.78, 5) is 29.1. The molecule has 0 fully saturated rings. The van der Waals surface area contributed by atoms with Gasteiger partial charge in [0.2, 0.25) is 5.91 Å². The van der Waals surface area contributed by atoms with E-state index in [0.29, 0.717) is 34.8 Å². The molecule has 5 heterocycles. The minimum atomic E-state index is -0.391. The van der Waals surface area contributed by atoms with Crippen LogP contribution in [-0.2, 0) is 4.79 Å². The van der Waals surface area contributed by atoms with E-state index in [2.05, 4.69) is 35.5 Å². The van der Waals surface area contributed by atoms with Gasteiger partial charge in [0.1, 0.15) is 17.3 Å². The number of benzene rings is 1. The molecule has 0 bridgehead atoms. The predicted molar refractivity (Wildman–Crippen MR) is 157 cm³/mol. The van der Waals surface area contributed by atoms with Crippen molar-refractivity contribution in [3.8, 4) is 39.5 Å². The van der Waals surface area contributed by atoms with E-state index in [1.165, 1.54) is 19.2 Å². The molecule has 6 aromatic rings. The van der Waals surface area contributed by atoms with Crippen molar-refractivity contribution in [2.24, 2.45) is 5.41 Å². The van der Waals surface area contributed by atoms with E-state index in [1.807, 2.05) is 39.0 Å². The number of pyridine rings is 3. The minimum absolute atomic E-state index is 0.0682. The Bertz CT molecular complexity index is 1920. The van der Waals surface area contributed by atoms with Gasteiger partial charge >= 0.3 is 0 Å². The normalized spacial score (nSPS) is 11.7. The van der Waals surface area contributed by atoms with E-state index in [0.717, 1.165) is 38.6 Å². The van der Waals surface area contributed by atoms with Crippen molar-refractivity contribution < 1.29 is 13.9 Å². The minimum Gasteiger partial charge on any atom is -0.497 e. The van der Waals surface area contributed by atoms with Crippen molar-refractivity contribution in [3.63, 3.8) is 0 Å². The molecule has 6 rings (SSSR count). The van der Waals surface area contributed by atoms with Gasteiger partial charge in [-0.25, -0.2) is 4.39 Å². The number of anilines is 1. The monoisotopic (exact) mass is 549 g/mol. The van der Waals surface area contributed by atoms with Crippen LogP contribution >= 0.6 is 0 Å². The molecule has 0 spiro atoms. The maximum absolute atomic E-state index is 14.3. The molecular formula is C31H28FN7O2. The number of fused-ring (bicyclic) bond motifs is 2. The second-order valence-corrected chi connectivity index (χ2v) is 11.1. The highest BCUT2D eigenvalue weighted by atomic mass is 19.1. The summed E-state index contributed by atoms with van der Waals surface area (Å²) in [5.74, 6) is -0.0301. The van der Waals surface area contributed by atoms with Gasteiger partial charge in [0, 0.05) is 46.8 Å². The van der Waals surface area contributed by atoms with Crippen LogP contribution in [-0.4, -0.2) is 43.2 Å². The fourth-order valence-electron chi connectivity index (χ4n) is 4.86. The Morgan fingerprint density at radius 1 is 0.927 bits per heavy atom. The zero-order chi connectivity index (χ0) is 28.7. The average molecular weight is 550 g/mol. The van der Waals surface area contributed by atoms with Gasteiger partial charge in [0.05, 0.1) is 53.8 Å². The molecule has 5 aromatic heterocycles. The lowest BCUT2D eigenvalue weighted by Gasteiger charge is -2.17. The van der Waals surface area contributed by atoms with Crippen LogP contribution in [0, 0.1) is 11.2 Å². The van der Waals surface area contributed by atoms with Crippen molar-refractivity contribution in [2.75, 3.05) is 12.4 Å². The van der Waals surface area contributed by atoms with Gasteiger partial charge < -0.3 is 15.0 Å². The van der Waals surface area contributed by atoms with Crippen LogP contribution in [0.4, 0.5) is 10.1 Å². The first-order chi connectivity index (χ1) is 19.7. The number of carbonyl (C=O) groups excluding carboxylic acids is 1. The molecular weight excluding hydrogens is 521 g/mol. The number of hydrogen-bond donors (Lipinski definition) is 3. The third-order valence-corrected chi connectivity index (χ3v) is 6.67. The highest BCUT2D eigenvalue weighted by Gasteiger charge is 2.18. The van der Waals surface area contributed by atoms with Crippen molar-refractivity contribution in [1.82, 2.24) is 30.1 Å². The Labute approximate surface area is 235 Å². The number of methoxy groups -OCH3 is 1. The molecule has 0 radical (unpaired) electrons. The Hall–Kier alpha value is -5.12. The summed E-state index contributed by atoms with van der Waals surface area (Å²) in [6.45, 7) is 6.06. The summed E-state index contributed by atoms with van der Waals surface area (Å²) >= 11 is 0. The second-order valence-electron chi connectivity index (χ2n) is 11.1. The lowest BCUT2D eigenvalue weighted by atomic mass is 9.92. The number of H-pyrrole nitrogens is 2. The van der Waals surface area contributed by atoms with Gasteiger partial charge in [0.25, 0.3) is 0 Å².